The number of phenols is 1. The van der Waals surface area contributed by atoms with Crippen LogP contribution in [-0.4, -0.2) is 11.0 Å². The van der Waals surface area contributed by atoms with E-state index in [4.69, 9.17) is 5.11 Å². The quantitative estimate of drug-likeness (QED) is 0.868. The standard InChI is InChI=1S/C15H14FNO2/c1-9-4-3-5-10(2)14(9)17-15(19)12-7-6-11(18)8-13(12)16/h3-8,18H,1-2H3,(H,17,19). The van der Waals surface area contributed by atoms with Crippen LogP contribution in [0.2, 0.25) is 0 Å². The Bertz CT molecular complexity index is 618. The van der Waals surface area contributed by atoms with E-state index in [2.05, 4.69) is 5.32 Å². The van der Waals surface area contributed by atoms with E-state index >= 15 is 0 Å². The summed E-state index contributed by atoms with van der Waals surface area (Å²) >= 11 is 0. The zero-order valence-corrected chi connectivity index (χ0v) is 10.7. The van der Waals surface area contributed by atoms with Crippen molar-refractivity contribution < 1.29 is 14.3 Å². The Morgan fingerprint density at radius 2 is 1.79 bits per heavy atom. The van der Waals surface area contributed by atoms with Crippen LogP contribution in [0.15, 0.2) is 36.4 Å². The van der Waals surface area contributed by atoms with Gasteiger partial charge < -0.3 is 10.4 Å². The molecule has 0 fully saturated rings. The summed E-state index contributed by atoms with van der Waals surface area (Å²) in [6.07, 6.45) is 0. The molecule has 0 saturated carbocycles. The second-order valence-electron chi connectivity index (χ2n) is 4.39. The molecule has 0 unspecified atom stereocenters. The lowest BCUT2D eigenvalue weighted by Crippen LogP contribution is -2.15. The molecule has 0 atom stereocenters. The third-order valence-corrected chi connectivity index (χ3v) is 2.92. The van der Waals surface area contributed by atoms with E-state index in [9.17, 15) is 9.18 Å². The van der Waals surface area contributed by atoms with Gasteiger partial charge in [0.15, 0.2) is 0 Å². The summed E-state index contributed by atoms with van der Waals surface area (Å²) in [6, 6.07) is 9.09. The van der Waals surface area contributed by atoms with E-state index in [0.717, 1.165) is 17.2 Å². The molecule has 0 aromatic heterocycles. The second-order valence-corrected chi connectivity index (χ2v) is 4.39. The monoisotopic (exact) mass is 259 g/mol. The number of nitrogens with one attached hydrogen (secondary N) is 1. The fraction of sp³-hybridized carbons (Fsp3) is 0.133. The van der Waals surface area contributed by atoms with E-state index < -0.39 is 11.7 Å². The Balaban J connectivity index is 2.31. The van der Waals surface area contributed by atoms with Crippen LogP contribution in [0.25, 0.3) is 0 Å². The molecule has 0 spiro atoms. The van der Waals surface area contributed by atoms with E-state index in [0.29, 0.717) is 5.69 Å². The summed E-state index contributed by atoms with van der Waals surface area (Å²) in [5.41, 5.74) is 2.40. The fourth-order valence-electron chi connectivity index (χ4n) is 1.88. The lowest BCUT2D eigenvalue weighted by atomic mass is 10.1. The summed E-state index contributed by atoms with van der Waals surface area (Å²) in [6.45, 7) is 3.74. The summed E-state index contributed by atoms with van der Waals surface area (Å²) in [5, 5.41) is 11.8. The Labute approximate surface area is 110 Å². The first-order valence-corrected chi connectivity index (χ1v) is 5.85. The molecule has 0 radical (unpaired) electrons. The van der Waals surface area contributed by atoms with Gasteiger partial charge in [0.1, 0.15) is 11.6 Å². The zero-order chi connectivity index (χ0) is 14.0. The highest BCUT2D eigenvalue weighted by molar-refractivity contribution is 6.05. The van der Waals surface area contributed by atoms with Crippen molar-refractivity contribution in [3.63, 3.8) is 0 Å². The van der Waals surface area contributed by atoms with Gasteiger partial charge in [-0.1, -0.05) is 18.2 Å². The van der Waals surface area contributed by atoms with Crippen molar-refractivity contribution in [1.82, 2.24) is 0 Å². The minimum Gasteiger partial charge on any atom is -0.508 e. The molecule has 0 aliphatic carbocycles. The van der Waals surface area contributed by atoms with Crippen LogP contribution in [0.3, 0.4) is 0 Å². The lowest BCUT2D eigenvalue weighted by molar-refractivity contribution is 0.102. The molecule has 19 heavy (non-hydrogen) atoms. The SMILES string of the molecule is Cc1cccc(C)c1NC(=O)c1ccc(O)cc1F. The maximum atomic E-state index is 13.6. The molecule has 0 bridgehead atoms. The third kappa shape index (κ3) is 2.73. The molecule has 0 heterocycles. The van der Waals surface area contributed by atoms with Gasteiger partial charge in [-0.2, -0.15) is 0 Å². The van der Waals surface area contributed by atoms with Crippen LogP contribution >= 0.6 is 0 Å². The van der Waals surface area contributed by atoms with Crippen molar-refractivity contribution in [1.29, 1.82) is 0 Å². The number of benzene rings is 2. The van der Waals surface area contributed by atoms with Gasteiger partial charge in [0, 0.05) is 11.8 Å². The number of carbonyl (C=O) groups excluding carboxylic acids is 1. The molecular weight excluding hydrogens is 245 g/mol. The second kappa shape index (κ2) is 5.10. The molecule has 2 N–H and O–H groups in total. The van der Waals surface area contributed by atoms with Crippen LogP contribution in [0.5, 0.6) is 5.75 Å². The van der Waals surface area contributed by atoms with Crippen molar-refractivity contribution in [3.05, 3.63) is 58.9 Å². The van der Waals surface area contributed by atoms with Gasteiger partial charge in [0.25, 0.3) is 5.91 Å². The molecular formula is C15H14FNO2. The average Bonchev–Trinajstić information content (AvgIpc) is 2.33. The van der Waals surface area contributed by atoms with Crippen LogP contribution in [-0.2, 0) is 0 Å². The Kier molecular flexibility index (Phi) is 3.51. The molecule has 3 nitrogen and oxygen atoms in total. The zero-order valence-electron chi connectivity index (χ0n) is 10.7. The highest BCUT2D eigenvalue weighted by Crippen LogP contribution is 2.22. The number of hydrogen-bond donors (Lipinski definition) is 2. The summed E-state index contributed by atoms with van der Waals surface area (Å²) in [5.74, 6) is -1.49. The number of phenolic OH excluding ortho intramolecular Hbond substituents is 1. The molecule has 0 saturated heterocycles. The van der Waals surface area contributed by atoms with Crippen LogP contribution in [0.4, 0.5) is 10.1 Å². The van der Waals surface area contributed by atoms with E-state index in [1.807, 2.05) is 32.0 Å². The van der Waals surface area contributed by atoms with Crippen molar-refractivity contribution in [2.75, 3.05) is 5.32 Å². The van der Waals surface area contributed by atoms with Gasteiger partial charge in [-0.25, -0.2) is 4.39 Å². The van der Waals surface area contributed by atoms with Gasteiger partial charge >= 0.3 is 0 Å². The van der Waals surface area contributed by atoms with Crippen molar-refractivity contribution in [3.8, 4) is 5.75 Å². The number of amides is 1. The normalized spacial score (nSPS) is 10.3. The highest BCUT2D eigenvalue weighted by Gasteiger charge is 2.14. The number of anilines is 1. The van der Waals surface area contributed by atoms with E-state index in [-0.39, 0.29) is 11.3 Å². The molecule has 1 amide bonds. The number of hydrogen-bond acceptors (Lipinski definition) is 2. The summed E-state index contributed by atoms with van der Waals surface area (Å²) in [7, 11) is 0. The number of rotatable bonds is 2. The number of halogens is 1. The van der Waals surface area contributed by atoms with Gasteiger partial charge in [0.05, 0.1) is 5.56 Å². The van der Waals surface area contributed by atoms with Gasteiger partial charge in [-0.05, 0) is 37.1 Å². The van der Waals surface area contributed by atoms with Crippen LogP contribution < -0.4 is 5.32 Å². The molecule has 98 valence electrons. The van der Waals surface area contributed by atoms with Crippen molar-refractivity contribution in [2.24, 2.45) is 0 Å². The Hall–Kier alpha value is -2.36. The van der Waals surface area contributed by atoms with Crippen molar-refractivity contribution >= 4 is 11.6 Å². The number of aromatic hydroxyl groups is 1. The highest BCUT2D eigenvalue weighted by atomic mass is 19.1. The first-order chi connectivity index (χ1) is 8.99. The molecule has 2 aromatic carbocycles. The van der Waals surface area contributed by atoms with Crippen molar-refractivity contribution in [2.45, 2.75) is 13.8 Å². The first kappa shape index (κ1) is 13.1. The predicted octanol–water partition coefficient (Wildman–Crippen LogP) is 3.40. The maximum Gasteiger partial charge on any atom is 0.258 e. The smallest absolute Gasteiger partial charge is 0.258 e. The predicted molar refractivity (Wildman–Crippen MR) is 71.9 cm³/mol. The molecule has 4 heteroatoms. The molecule has 2 rings (SSSR count). The molecule has 2 aromatic rings. The average molecular weight is 259 g/mol. The largest absolute Gasteiger partial charge is 0.508 e. The Morgan fingerprint density at radius 3 is 2.37 bits per heavy atom. The first-order valence-electron chi connectivity index (χ1n) is 5.85. The van der Waals surface area contributed by atoms with Gasteiger partial charge in [-0.3, -0.25) is 4.79 Å². The van der Waals surface area contributed by atoms with Crippen LogP contribution in [0.1, 0.15) is 21.5 Å². The maximum absolute atomic E-state index is 13.6. The third-order valence-electron chi connectivity index (χ3n) is 2.92. The van der Waals surface area contributed by atoms with Gasteiger partial charge in [0.2, 0.25) is 0 Å². The van der Waals surface area contributed by atoms with Crippen LogP contribution in [0, 0.1) is 19.7 Å². The van der Waals surface area contributed by atoms with E-state index in [1.165, 1.54) is 12.1 Å². The summed E-state index contributed by atoms with van der Waals surface area (Å²) in [4.78, 5) is 12.0. The summed E-state index contributed by atoms with van der Waals surface area (Å²) < 4.78 is 13.6. The number of para-hydroxylation sites is 1. The minimum absolute atomic E-state index is 0.0968. The molecule has 0 aliphatic heterocycles. The Morgan fingerprint density at radius 1 is 1.16 bits per heavy atom. The fourth-order valence-corrected chi connectivity index (χ4v) is 1.88. The van der Waals surface area contributed by atoms with Gasteiger partial charge in [-0.15, -0.1) is 0 Å². The van der Waals surface area contributed by atoms with E-state index in [1.54, 1.807) is 0 Å². The number of aryl methyl sites for hydroxylation is 2. The number of carbonyl (C=O) groups is 1. The molecule has 0 aliphatic rings. The lowest BCUT2D eigenvalue weighted by Gasteiger charge is -2.11. The minimum atomic E-state index is -0.747. The topological polar surface area (TPSA) is 49.3 Å².